The topological polar surface area (TPSA) is 37.3 Å². The SMILES string of the molecule is O=C(O)CCSc1ccc(F)cc1F. The fourth-order valence-electron chi connectivity index (χ4n) is 0.841. The Balaban J connectivity index is 2.55. The van der Waals surface area contributed by atoms with Crippen LogP contribution in [-0.4, -0.2) is 16.8 Å². The smallest absolute Gasteiger partial charge is 0.304 e. The van der Waals surface area contributed by atoms with Crippen LogP contribution >= 0.6 is 11.8 Å². The molecule has 5 heteroatoms. The Morgan fingerprint density at radius 2 is 2.14 bits per heavy atom. The Morgan fingerprint density at radius 3 is 2.71 bits per heavy atom. The minimum atomic E-state index is -0.931. The molecule has 0 radical (unpaired) electrons. The van der Waals surface area contributed by atoms with Crippen LogP contribution in [0.4, 0.5) is 8.78 Å². The lowest BCUT2D eigenvalue weighted by molar-refractivity contribution is -0.136. The van der Waals surface area contributed by atoms with Crippen LogP contribution in [0.2, 0.25) is 0 Å². The van der Waals surface area contributed by atoms with Crippen LogP contribution in [0.3, 0.4) is 0 Å². The quantitative estimate of drug-likeness (QED) is 0.789. The first-order chi connectivity index (χ1) is 6.59. The van der Waals surface area contributed by atoms with E-state index in [0.717, 1.165) is 23.9 Å². The van der Waals surface area contributed by atoms with Crippen LogP contribution in [0.25, 0.3) is 0 Å². The van der Waals surface area contributed by atoms with Gasteiger partial charge in [0.1, 0.15) is 11.6 Å². The number of carboxylic acid groups (broad SMARTS) is 1. The minimum Gasteiger partial charge on any atom is -0.481 e. The summed E-state index contributed by atoms with van der Waals surface area (Å²) in [6.45, 7) is 0. The van der Waals surface area contributed by atoms with Gasteiger partial charge >= 0.3 is 5.97 Å². The van der Waals surface area contributed by atoms with E-state index in [-0.39, 0.29) is 17.1 Å². The van der Waals surface area contributed by atoms with Gasteiger partial charge in [0, 0.05) is 16.7 Å². The van der Waals surface area contributed by atoms with Crippen molar-refractivity contribution in [1.29, 1.82) is 0 Å². The fourth-order valence-corrected chi connectivity index (χ4v) is 1.70. The molecule has 0 aliphatic heterocycles. The molecule has 14 heavy (non-hydrogen) atoms. The maximum absolute atomic E-state index is 13.0. The second kappa shape index (κ2) is 4.95. The van der Waals surface area contributed by atoms with Crippen LogP contribution < -0.4 is 0 Å². The molecule has 0 aliphatic rings. The highest BCUT2D eigenvalue weighted by Crippen LogP contribution is 2.22. The number of thioether (sulfide) groups is 1. The average molecular weight is 218 g/mol. The first-order valence-corrected chi connectivity index (χ1v) is 4.88. The van der Waals surface area contributed by atoms with Crippen molar-refractivity contribution in [2.45, 2.75) is 11.3 Å². The molecule has 0 amide bonds. The Hall–Kier alpha value is -1.10. The van der Waals surface area contributed by atoms with Crippen molar-refractivity contribution in [2.75, 3.05) is 5.75 Å². The van der Waals surface area contributed by atoms with Gasteiger partial charge < -0.3 is 5.11 Å². The van der Waals surface area contributed by atoms with Crippen LogP contribution in [0.5, 0.6) is 0 Å². The molecule has 0 atom stereocenters. The molecule has 1 aromatic rings. The summed E-state index contributed by atoms with van der Waals surface area (Å²) in [7, 11) is 0. The molecule has 0 bridgehead atoms. The number of carboxylic acids is 1. The summed E-state index contributed by atoms with van der Waals surface area (Å²) in [5, 5.41) is 8.34. The van der Waals surface area contributed by atoms with Gasteiger partial charge in [-0.05, 0) is 12.1 Å². The second-order valence-corrected chi connectivity index (χ2v) is 3.70. The zero-order valence-corrected chi connectivity index (χ0v) is 7.98. The maximum atomic E-state index is 13.0. The fraction of sp³-hybridized carbons (Fsp3) is 0.222. The van der Waals surface area contributed by atoms with Gasteiger partial charge in [0.05, 0.1) is 6.42 Å². The van der Waals surface area contributed by atoms with E-state index in [1.165, 1.54) is 6.07 Å². The summed E-state index contributed by atoms with van der Waals surface area (Å²) in [5.41, 5.74) is 0. The summed E-state index contributed by atoms with van der Waals surface area (Å²) >= 11 is 1.06. The number of rotatable bonds is 4. The Bertz CT molecular complexity index is 342. The number of aliphatic carboxylic acids is 1. The molecule has 0 aliphatic carbocycles. The van der Waals surface area contributed by atoms with E-state index >= 15 is 0 Å². The number of carbonyl (C=O) groups is 1. The molecule has 76 valence electrons. The molecule has 1 rings (SSSR count). The predicted molar refractivity (Wildman–Crippen MR) is 49.3 cm³/mol. The Kier molecular flexibility index (Phi) is 3.88. The highest BCUT2D eigenvalue weighted by Gasteiger charge is 2.05. The van der Waals surface area contributed by atoms with Gasteiger partial charge in [-0.1, -0.05) is 0 Å². The Morgan fingerprint density at radius 1 is 1.43 bits per heavy atom. The molecule has 0 heterocycles. The van der Waals surface area contributed by atoms with Crippen molar-refractivity contribution < 1.29 is 18.7 Å². The van der Waals surface area contributed by atoms with Crippen LogP contribution in [-0.2, 0) is 4.79 Å². The van der Waals surface area contributed by atoms with Crippen molar-refractivity contribution >= 4 is 17.7 Å². The van der Waals surface area contributed by atoms with Gasteiger partial charge in [-0.3, -0.25) is 4.79 Å². The lowest BCUT2D eigenvalue weighted by atomic mass is 10.3. The normalized spacial score (nSPS) is 10.1. The number of halogens is 2. The molecule has 0 fully saturated rings. The monoisotopic (exact) mass is 218 g/mol. The summed E-state index contributed by atoms with van der Waals surface area (Å²) < 4.78 is 25.4. The summed E-state index contributed by atoms with van der Waals surface area (Å²) in [6.07, 6.45) is -0.0402. The number of hydrogen-bond donors (Lipinski definition) is 1. The molecule has 0 unspecified atom stereocenters. The minimum absolute atomic E-state index is 0.0402. The Labute approximate surface area is 83.9 Å². The van der Waals surface area contributed by atoms with Crippen LogP contribution in [0.15, 0.2) is 23.1 Å². The third kappa shape index (κ3) is 3.33. The molecule has 1 N–H and O–H groups in total. The van der Waals surface area contributed by atoms with E-state index in [1.807, 2.05) is 0 Å². The highest BCUT2D eigenvalue weighted by atomic mass is 32.2. The van der Waals surface area contributed by atoms with E-state index in [1.54, 1.807) is 0 Å². The standard InChI is InChI=1S/C9H8F2O2S/c10-6-1-2-8(7(11)5-6)14-4-3-9(12)13/h1-2,5H,3-4H2,(H,12,13). The third-order valence-electron chi connectivity index (χ3n) is 1.47. The van der Waals surface area contributed by atoms with Crippen molar-refractivity contribution in [3.05, 3.63) is 29.8 Å². The van der Waals surface area contributed by atoms with Crippen molar-refractivity contribution in [3.8, 4) is 0 Å². The van der Waals surface area contributed by atoms with E-state index in [2.05, 4.69) is 0 Å². The molecular weight excluding hydrogens is 210 g/mol. The summed E-state index contributed by atoms with van der Waals surface area (Å²) in [5.74, 6) is -1.94. The van der Waals surface area contributed by atoms with E-state index in [0.29, 0.717) is 0 Å². The maximum Gasteiger partial charge on any atom is 0.304 e. The highest BCUT2D eigenvalue weighted by molar-refractivity contribution is 7.99. The average Bonchev–Trinajstić information content (AvgIpc) is 2.08. The van der Waals surface area contributed by atoms with Crippen LogP contribution in [0.1, 0.15) is 6.42 Å². The van der Waals surface area contributed by atoms with Gasteiger partial charge in [-0.25, -0.2) is 8.78 Å². The van der Waals surface area contributed by atoms with Gasteiger partial charge in [0.2, 0.25) is 0 Å². The molecule has 0 aromatic heterocycles. The van der Waals surface area contributed by atoms with E-state index in [9.17, 15) is 13.6 Å². The second-order valence-electron chi connectivity index (χ2n) is 2.57. The first kappa shape index (κ1) is 11.0. The number of benzene rings is 1. The molecule has 0 saturated heterocycles. The van der Waals surface area contributed by atoms with E-state index < -0.39 is 17.6 Å². The van der Waals surface area contributed by atoms with Gasteiger partial charge in [0.25, 0.3) is 0 Å². The van der Waals surface area contributed by atoms with Crippen molar-refractivity contribution in [1.82, 2.24) is 0 Å². The van der Waals surface area contributed by atoms with E-state index in [4.69, 9.17) is 5.11 Å². The first-order valence-electron chi connectivity index (χ1n) is 3.89. The predicted octanol–water partition coefficient (Wildman–Crippen LogP) is 2.53. The molecule has 1 aromatic carbocycles. The largest absolute Gasteiger partial charge is 0.481 e. The summed E-state index contributed by atoms with van der Waals surface area (Å²) in [4.78, 5) is 10.4. The molecule has 2 nitrogen and oxygen atoms in total. The molecule has 0 saturated carbocycles. The van der Waals surface area contributed by atoms with Gasteiger partial charge in [-0.2, -0.15) is 0 Å². The van der Waals surface area contributed by atoms with Crippen molar-refractivity contribution in [2.24, 2.45) is 0 Å². The zero-order chi connectivity index (χ0) is 10.6. The number of hydrogen-bond acceptors (Lipinski definition) is 2. The van der Waals surface area contributed by atoms with Crippen molar-refractivity contribution in [3.63, 3.8) is 0 Å². The zero-order valence-electron chi connectivity index (χ0n) is 7.17. The van der Waals surface area contributed by atoms with Gasteiger partial charge in [-0.15, -0.1) is 11.8 Å². The van der Waals surface area contributed by atoms with Gasteiger partial charge in [0.15, 0.2) is 0 Å². The lowest BCUT2D eigenvalue weighted by Gasteiger charge is -2.01. The van der Waals surface area contributed by atoms with Crippen LogP contribution in [0, 0.1) is 11.6 Å². The molecular formula is C9H8F2O2S. The summed E-state index contributed by atoms with van der Waals surface area (Å²) in [6, 6.07) is 3.23. The third-order valence-corrected chi connectivity index (χ3v) is 2.52. The lowest BCUT2D eigenvalue weighted by Crippen LogP contribution is -1.96. The molecule has 0 spiro atoms.